The van der Waals surface area contributed by atoms with E-state index in [0.29, 0.717) is 19.1 Å². The molecule has 1 aliphatic carbocycles. The van der Waals surface area contributed by atoms with Crippen LogP contribution < -0.4 is 15.5 Å². The van der Waals surface area contributed by atoms with Gasteiger partial charge in [0, 0.05) is 42.9 Å². The quantitative estimate of drug-likeness (QED) is 0.870. The second kappa shape index (κ2) is 7.30. The number of carbonyl (C=O) groups is 2. The number of hydrogen-bond donors (Lipinski definition) is 2. The minimum absolute atomic E-state index is 0.106. The number of amides is 3. The fourth-order valence-electron chi connectivity index (χ4n) is 2.72. The normalized spacial score (nSPS) is 18.9. The number of nitrogens with one attached hydrogen (secondary N) is 2. The van der Waals surface area contributed by atoms with Gasteiger partial charge in [0.15, 0.2) is 0 Å². The Hall–Kier alpha value is -1.95. The monoisotopic (exact) mass is 350 g/mol. The van der Waals surface area contributed by atoms with Crippen molar-refractivity contribution in [1.29, 1.82) is 0 Å². The zero-order valence-electron chi connectivity index (χ0n) is 13.8. The average molecular weight is 351 g/mol. The van der Waals surface area contributed by atoms with E-state index in [1.54, 1.807) is 11.8 Å². The molecule has 0 aromatic heterocycles. The largest absolute Gasteiger partial charge is 0.368 e. The van der Waals surface area contributed by atoms with Crippen molar-refractivity contribution >= 4 is 29.2 Å². The van der Waals surface area contributed by atoms with Crippen LogP contribution in [-0.4, -0.2) is 55.1 Å². The molecule has 1 aliphatic heterocycles. The highest BCUT2D eigenvalue weighted by Crippen LogP contribution is 2.20. The molecule has 1 atom stereocenters. The molecule has 0 radical (unpaired) electrons. The summed E-state index contributed by atoms with van der Waals surface area (Å²) < 4.78 is 0. The summed E-state index contributed by atoms with van der Waals surface area (Å²) in [6.45, 7) is 4.51. The van der Waals surface area contributed by atoms with E-state index in [1.165, 1.54) is 0 Å². The van der Waals surface area contributed by atoms with Crippen LogP contribution >= 0.6 is 11.6 Å². The predicted octanol–water partition coefficient (Wildman–Crippen LogP) is 1.84. The Morgan fingerprint density at radius 2 is 1.75 bits per heavy atom. The Balaban J connectivity index is 1.45. The smallest absolute Gasteiger partial charge is 0.318 e. The second-order valence-electron chi connectivity index (χ2n) is 6.40. The molecule has 3 rings (SSSR count). The molecule has 1 aromatic carbocycles. The fourth-order valence-corrected chi connectivity index (χ4v) is 2.84. The topological polar surface area (TPSA) is 64.7 Å². The van der Waals surface area contributed by atoms with Gasteiger partial charge in [0.25, 0.3) is 0 Å². The third kappa shape index (κ3) is 4.32. The van der Waals surface area contributed by atoms with Crippen LogP contribution in [0.2, 0.25) is 5.02 Å². The molecule has 130 valence electrons. The van der Waals surface area contributed by atoms with Gasteiger partial charge in [-0.25, -0.2) is 4.79 Å². The molecule has 1 heterocycles. The van der Waals surface area contributed by atoms with Crippen LogP contribution in [0.3, 0.4) is 0 Å². The van der Waals surface area contributed by atoms with Crippen molar-refractivity contribution in [2.75, 3.05) is 31.1 Å². The van der Waals surface area contributed by atoms with Gasteiger partial charge in [-0.1, -0.05) is 11.6 Å². The summed E-state index contributed by atoms with van der Waals surface area (Å²) in [6, 6.07) is 7.34. The van der Waals surface area contributed by atoms with Crippen molar-refractivity contribution in [2.45, 2.75) is 31.8 Å². The number of hydrogen-bond acceptors (Lipinski definition) is 3. The second-order valence-corrected chi connectivity index (χ2v) is 6.84. The summed E-state index contributed by atoms with van der Waals surface area (Å²) in [5.74, 6) is -0.106. The van der Waals surface area contributed by atoms with E-state index in [0.717, 1.165) is 36.6 Å². The Kier molecular flexibility index (Phi) is 5.14. The first-order valence-corrected chi connectivity index (χ1v) is 8.77. The summed E-state index contributed by atoms with van der Waals surface area (Å²) >= 11 is 5.91. The maximum absolute atomic E-state index is 12.3. The molecule has 0 bridgehead atoms. The number of piperazine rings is 1. The summed E-state index contributed by atoms with van der Waals surface area (Å²) in [5, 5.41) is 6.41. The number of urea groups is 1. The van der Waals surface area contributed by atoms with Crippen LogP contribution in [0, 0.1) is 0 Å². The lowest BCUT2D eigenvalue weighted by molar-refractivity contribution is -0.122. The van der Waals surface area contributed by atoms with Gasteiger partial charge in [-0.3, -0.25) is 4.79 Å². The Morgan fingerprint density at radius 1 is 1.12 bits per heavy atom. The van der Waals surface area contributed by atoms with Crippen LogP contribution in [0.15, 0.2) is 24.3 Å². The number of halogens is 1. The summed E-state index contributed by atoms with van der Waals surface area (Å²) in [5.41, 5.74) is 1.11. The van der Waals surface area contributed by atoms with Gasteiger partial charge in [0.05, 0.1) is 0 Å². The lowest BCUT2D eigenvalue weighted by Crippen LogP contribution is -2.55. The number of carbonyl (C=O) groups excluding carboxylic acids is 2. The molecule has 24 heavy (non-hydrogen) atoms. The average Bonchev–Trinajstić information content (AvgIpc) is 3.39. The lowest BCUT2D eigenvalue weighted by Gasteiger charge is -2.36. The Bertz CT molecular complexity index is 595. The van der Waals surface area contributed by atoms with Crippen molar-refractivity contribution in [1.82, 2.24) is 15.5 Å². The van der Waals surface area contributed by atoms with Gasteiger partial charge in [0.1, 0.15) is 6.04 Å². The van der Waals surface area contributed by atoms with Gasteiger partial charge >= 0.3 is 6.03 Å². The maximum atomic E-state index is 12.3. The highest BCUT2D eigenvalue weighted by Gasteiger charge is 2.28. The molecular weight excluding hydrogens is 328 g/mol. The van der Waals surface area contributed by atoms with Crippen molar-refractivity contribution in [2.24, 2.45) is 0 Å². The van der Waals surface area contributed by atoms with E-state index < -0.39 is 6.04 Å². The minimum atomic E-state index is -0.507. The third-order valence-electron chi connectivity index (χ3n) is 4.42. The molecular formula is C17H23ClN4O2. The molecule has 3 amide bonds. The molecule has 7 heteroatoms. The first kappa shape index (κ1) is 16.9. The molecule has 1 saturated heterocycles. The van der Waals surface area contributed by atoms with Gasteiger partial charge < -0.3 is 20.4 Å². The number of nitrogens with zero attached hydrogens (tertiary/aromatic N) is 2. The van der Waals surface area contributed by atoms with Crippen LogP contribution in [0.1, 0.15) is 19.8 Å². The molecule has 0 spiro atoms. The summed E-state index contributed by atoms with van der Waals surface area (Å²) in [4.78, 5) is 28.2. The van der Waals surface area contributed by atoms with Gasteiger partial charge in [-0.2, -0.15) is 0 Å². The van der Waals surface area contributed by atoms with Gasteiger partial charge in [0.2, 0.25) is 5.91 Å². The lowest BCUT2D eigenvalue weighted by atomic mass is 10.2. The SMILES string of the molecule is C[C@H](NC(=O)N1CCN(c2ccc(Cl)cc2)CC1)C(=O)NC1CC1. The molecule has 1 aromatic rings. The molecule has 6 nitrogen and oxygen atoms in total. The Morgan fingerprint density at radius 3 is 2.33 bits per heavy atom. The van der Waals surface area contributed by atoms with E-state index in [-0.39, 0.29) is 11.9 Å². The molecule has 2 N–H and O–H groups in total. The standard InChI is InChI=1S/C17H23ClN4O2/c1-12(16(23)20-14-4-5-14)19-17(24)22-10-8-21(9-11-22)15-6-2-13(18)3-7-15/h2-3,6-7,12,14H,4-5,8-11H2,1H3,(H,19,24)(H,20,23)/t12-/m0/s1. The summed E-state index contributed by atoms with van der Waals surface area (Å²) in [7, 11) is 0. The van der Waals surface area contributed by atoms with E-state index in [9.17, 15) is 9.59 Å². The molecule has 2 fully saturated rings. The highest BCUT2D eigenvalue weighted by atomic mass is 35.5. The van der Waals surface area contributed by atoms with E-state index in [2.05, 4.69) is 15.5 Å². The van der Waals surface area contributed by atoms with E-state index >= 15 is 0 Å². The predicted molar refractivity (Wildman–Crippen MR) is 94.4 cm³/mol. The number of rotatable bonds is 4. The highest BCUT2D eigenvalue weighted by molar-refractivity contribution is 6.30. The molecule has 0 unspecified atom stereocenters. The van der Waals surface area contributed by atoms with Crippen LogP contribution in [0.5, 0.6) is 0 Å². The number of anilines is 1. The maximum Gasteiger partial charge on any atom is 0.318 e. The number of benzene rings is 1. The van der Waals surface area contributed by atoms with Crippen molar-refractivity contribution in [3.05, 3.63) is 29.3 Å². The van der Waals surface area contributed by atoms with Crippen LogP contribution in [0.4, 0.5) is 10.5 Å². The zero-order chi connectivity index (χ0) is 17.1. The third-order valence-corrected chi connectivity index (χ3v) is 4.67. The van der Waals surface area contributed by atoms with Crippen LogP contribution in [0.25, 0.3) is 0 Å². The van der Waals surface area contributed by atoms with Crippen molar-refractivity contribution in [3.63, 3.8) is 0 Å². The molecule has 2 aliphatic rings. The fraction of sp³-hybridized carbons (Fsp3) is 0.529. The van der Waals surface area contributed by atoms with Gasteiger partial charge in [-0.05, 0) is 44.0 Å². The zero-order valence-corrected chi connectivity index (χ0v) is 14.6. The van der Waals surface area contributed by atoms with Crippen LogP contribution in [-0.2, 0) is 4.79 Å². The summed E-state index contributed by atoms with van der Waals surface area (Å²) in [6.07, 6.45) is 2.08. The first-order valence-electron chi connectivity index (χ1n) is 8.39. The Labute approximate surface area is 147 Å². The van der Waals surface area contributed by atoms with Crippen molar-refractivity contribution < 1.29 is 9.59 Å². The van der Waals surface area contributed by atoms with E-state index in [4.69, 9.17) is 11.6 Å². The minimum Gasteiger partial charge on any atom is -0.368 e. The van der Waals surface area contributed by atoms with E-state index in [1.807, 2.05) is 24.3 Å². The first-order chi connectivity index (χ1) is 11.5. The van der Waals surface area contributed by atoms with Gasteiger partial charge in [-0.15, -0.1) is 0 Å². The molecule has 1 saturated carbocycles. The van der Waals surface area contributed by atoms with Crippen molar-refractivity contribution in [3.8, 4) is 0 Å².